The highest BCUT2D eigenvalue weighted by atomic mass is 16.5. The fourth-order valence-corrected chi connectivity index (χ4v) is 2.75. The predicted octanol–water partition coefficient (Wildman–Crippen LogP) is 4.30. The normalized spacial score (nSPS) is 12.7. The molecule has 3 rings (SSSR count). The first-order chi connectivity index (χ1) is 10.2. The molecule has 0 saturated heterocycles. The van der Waals surface area contributed by atoms with Crippen molar-refractivity contribution in [2.45, 2.75) is 33.4 Å². The molecule has 0 spiro atoms. The summed E-state index contributed by atoms with van der Waals surface area (Å²) in [6.45, 7) is 6.90. The summed E-state index contributed by atoms with van der Waals surface area (Å²) in [6.07, 6.45) is 0. The van der Waals surface area contributed by atoms with Gasteiger partial charge in [-0.1, -0.05) is 47.6 Å². The van der Waals surface area contributed by atoms with Crippen molar-refractivity contribution in [1.82, 2.24) is 10.5 Å². The Hall–Kier alpha value is -2.13. The summed E-state index contributed by atoms with van der Waals surface area (Å²) in [6, 6.07) is 15.2. The Kier molecular flexibility index (Phi) is 3.76. The molecule has 1 atom stereocenters. The quantitative estimate of drug-likeness (QED) is 0.774. The Labute approximate surface area is 125 Å². The summed E-state index contributed by atoms with van der Waals surface area (Å²) in [5.74, 6) is 0.894. The summed E-state index contributed by atoms with van der Waals surface area (Å²) in [4.78, 5) is 0. The van der Waals surface area contributed by atoms with Crippen LogP contribution >= 0.6 is 0 Å². The average Bonchev–Trinajstić information content (AvgIpc) is 2.83. The van der Waals surface area contributed by atoms with Crippen molar-refractivity contribution in [3.05, 3.63) is 65.0 Å². The van der Waals surface area contributed by atoms with Gasteiger partial charge in [-0.25, -0.2) is 0 Å². The Balaban J connectivity index is 1.83. The Morgan fingerprint density at radius 2 is 1.86 bits per heavy atom. The lowest BCUT2D eigenvalue weighted by molar-refractivity contribution is 0.391. The van der Waals surface area contributed by atoms with Crippen LogP contribution in [0.1, 0.15) is 35.5 Å². The van der Waals surface area contributed by atoms with E-state index in [1.54, 1.807) is 0 Å². The van der Waals surface area contributed by atoms with E-state index in [-0.39, 0.29) is 6.04 Å². The lowest BCUT2D eigenvalue weighted by Crippen LogP contribution is -2.19. The Morgan fingerprint density at radius 1 is 1.10 bits per heavy atom. The molecule has 0 amide bonds. The monoisotopic (exact) mass is 280 g/mol. The third-order valence-corrected chi connectivity index (χ3v) is 4.06. The zero-order valence-corrected chi connectivity index (χ0v) is 12.7. The smallest absolute Gasteiger partial charge is 0.138 e. The summed E-state index contributed by atoms with van der Waals surface area (Å²) < 4.78 is 5.21. The fourth-order valence-electron chi connectivity index (χ4n) is 2.75. The molecule has 0 aliphatic carbocycles. The van der Waals surface area contributed by atoms with Gasteiger partial charge in [0.2, 0.25) is 0 Å². The highest BCUT2D eigenvalue weighted by Gasteiger charge is 2.12. The molecule has 0 radical (unpaired) electrons. The Bertz CT molecular complexity index is 736. The first-order valence-corrected chi connectivity index (χ1v) is 7.29. The molecule has 0 saturated carbocycles. The second-order valence-corrected chi connectivity index (χ2v) is 5.47. The molecular formula is C18H20N2O. The van der Waals surface area contributed by atoms with E-state index in [0.717, 1.165) is 23.6 Å². The van der Waals surface area contributed by atoms with Crippen LogP contribution in [0.3, 0.4) is 0 Å². The number of rotatable bonds is 4. The van der Waals surface area contributed by atoms with E-state index in [2.05, 4.69) is 59.9 Å². The molecule has 0 aliphatic heterocycles. The molecule has 21 heavy (non-hydrogen) atoms. The summed E-state index contributed by atoms with van der Waals surface area (Å²) in [5.41, 5.74) is 3.44. The minimum absolute atomic E-state index is 0.268. The van der Waals surface area contributed by atoms with Crippen LogP contribution in [0.15, 0.2) is 47.0 Å². The lowest BCUT2D eigenvalue weighted by atomic mass is 9.99. The van der Waals surface area contributed by atoms with Gasteiger partial charge in [0.1, 0.15) is 5.76 Å². The number of benzene rings is 2. The van der Waals surface area contributed by atoms with Gasteiger partial charge >= 0.3 is 0 Å². The van der Waals surface area contributed by atoms with Crippen LogP contribution in [0.25, 0.3) is 10.8 Å². The van der Waals surface area contributed by atoms with Crippen LogP contribution in [0.5, 0.6) is 0 Å². The predicted molar refractivity (Wildman–Crippen MR) is 85.2 cm³/mol. The van der Waals surface area contributed by atoms with Crippen molar-refractivity contribution >= 4 is 10.8 Å². The molecule has 3 heteroatoms. The van der Waals surface area contributed by atoms with E-state index in [1.807, 2.05) is 13.8 Å². The van der Waals surface area contributed by atoms with E-state index in [0.29, 0.717) is 0 Å². The van der Waals surface area contributed by atoms with Crippen LogP contribution in [-0.2, 0) is 6.54 Å². The van der Waals surface area contributed by atoms with Crippen LogP contribution in [0.4, 0.5) is 0 Å². The van der Waals surface area contributed by atoms with Crippen molar-refractivity contribution in [2.24, 2.45) is 0 Å². The van der Waals surface area contributed by atoms with E-state index in [4.69, 9.17) is 4.52 Å². The molecule has 1 N–H and O–H groups in total. The summed E-state index contributed by atoms with van der Waals surface area (Å²) >= 11 is 0. The highest BCUT2D eigenvalue weighted by molar-refractivity contribution is 5.86. The Morgan fingerprint density at radius 3 is 2.62 bits per heavy atom. The second-order valence-electron chi connectivity index (χ2n) is 5.47. The van der Waals surface area contributed by atoms with E-state index < -0.39 is 0 Å². The summed E-state index contributed by atoms with van der Waals surface area (Å²) in [5, 5.41) is 10.2. The maximum Gasteiger partial charge on any atom is 0.138 e. The van der Waals surface area contributed by atoms with Crippen molar-refractivity contribution in [3.63, 3.8) is 0 Å². The minimum Gasteiger partial charge on any atom is -0.361 e. The standard InChI is InChI=1S/C18H20N2O/c1-12(19-11-18-13(2)20-21-14(18)3)16-10-6-8-15-7-4-5-9-17(15)16/h4-10,12,19H,11H2,1-3H3. The zero-order chi connectivity index (χ0) is 14.8. The molecule has 0 aliphatic rings. The zero-order valence-electron chi connectivity index (χ0n) is 12.7. The number of nitrogens with zero attached hydrogens (tertiary/aromatic N) is 1. The molecule has 1 heterocycles. The third-order valence-electron chi connectivity index (χ3n) is 4.06. The van der Waals surface area contributed by atoms with E-state index >= 15 is 0 Å². The van der Waals surface area contributed by atoms with Gasteiger partial charge in [-0.15, -0.1) is 0 Å². The van der Waals surface area contributed by atoms with Crippen molar-refractivity contribution in [3.8, 4) is 0 Å². The van der Waals surface area contributed by atoms with Gasteiger partial charge in [0.25, 0.3) is 0 Å². The van der Waals surface area contributed by atoms with Crippen molar-refractivity contribution < 1.29 is 4.52 Å². The number of hydrogen-bond donors (Lipinski definition) is 1. The van der Waals surface area contributed by atoms with Gasteiger partial charge in [0.05, 0.1) is 5.69 Å². The van der Waals surface area contributed by atoms with Gasteiger partial charge in [-0.3, -0.25) is 0 Å². The highest BCUT2D eigenvalue weighted by Crippen LogP contribution is 2.24. The average molecular weight is 280 g/mol. The van der Waals surface area contributed by atoms with Crippen LogP contribution in [-0.4, -0.2) is 5.16 Å². The topological polar surface area (TPSA) is 38.1 Å². The summed E-state index contributed by atoms with van der Waals surface area (Å²) in [7, 11) is 0. The maximum atomic E-state index is 5.21. The van der Waals surface area contributed by atoms with E-state index in [1.165, 1.54) is 16.3 Å². The minimum atomic E-state index is 0.268. The van der Waals surface area contributed by atoms with Crippen LogP contribution in [0.2, 0.25) is 0 Å². The van der Waals surface area contributed by atoms with Crippen molar-refractivity contribution in [1.29, 1.82) is 0 Å². The van der Waals surface area contributed by atoms with E-state index in [9.17, 15) is 0 Å². The molecular weight excluding hydrogens is 260 g/mol. The molecule has 3 nitrogen and oxygen atoms in total. The maximum absolute atomic E-state index is 5.21. The molecule has 3 aromatic rings. The van der Waals surface area contributed by atoms with Gasteiger partial charge in [0.15, 0.2) is 0 Å². The SMILES string of the molecule is Cc1noc(C)c1CNC(C)c1cccc2ccccc12. The molecule has 0 fully saturated rings. The lowest BCUT2D eigenvalue weighted by Gasteiger charge is -2.16. The van der Waals surface area contributed by atoms with Gasteiger partial charge in [0, 0.05) is 18.2 Å². The number of hydrogen-bond acceptors (Lipinski definition) is 3. The first kappa shape index (κ1) is 13.8. The van der Waals surface area contributed by atoms with Gasteiger partial charge < -0.3 is 9.84 Å². The number of fused-ring (bicyclic) bond motifs is 1. The molecule has 0 bridgehead atoms. The number of nitrogens with one attached hydrogen (secondary N) is 1. The van der Waals surface area contributed by atoms with Crippen LogP contribution < -0.4 is 5.32 Å². The first-order valence-electron chi connectivity index (χ1n) is 7.29. The number of aryl methyl sites for hydroxylation is 2. The molecule has 1 unspecified atom stereocenters. The van der Waals surface area contributed by atoms with Gasteiger partial charge in [-0.2, -0.15) is 0 Å². The largest absolute Gasteiger partial charge is 0.361 e. The van der Waals surface area contributed by atoms with Gasteiger partial charge in [-0.05, 0) is 37.1 Å². The fraction of sp³-hybridized carbons (Fsp3) is 0.278. The molecule has 2 aromatic carbocycles. The van der Waals surface area contributed by atoms with Crippen LogP contribution in [0, 0.1) is 13.8 Å². The number of aromatic nitrogens is 1. The second kappa shape index (κ2) is 5.70. The third kappa shape index (κ3) is 2.69. The van der Waals surface area contributed by atoms with Crippen molar-refractivity contribution in [2.75, 3.05) is 0 Å². The molecule has 1 aromatic heterocycles. The molecule has 108 valence electrons.